The van der Waals surface area contributed by atoms with E-state index in [0.29, 0.717) is 23.1 Å². The van der Waals surface area contributed by atoms with Crippen molar-refractivity contribution in [2.75, 3.05) is 19.5 Å². The highest BCUT2D eigenvalue weighted by molar-refractivity contribution is 9.11. The number of benzene rings is 2. The van der Waals surface area contributed by atoms with E-state index >= 15 is 0 Å². The van der Waals surface area contributed by atoms with Crippen molar-refractivity contribution in [2.45, 2.75) is 6.54 Å². The van der Waals surface area contributed by atoms with Gasteiger partial charge < -0.3 is 14.8 Å². The third kappa shape index (κ3) is 4.05. The predicted molar refractivity (Wildman–Crippen MR) is 93.7 cm³/mol. The molecule has 6 heteroatoms. The van der Waals surface area contributed by atoms with Crippen LogP contribution < -0.4 is 14.8 Å². The maximum Gasteiger partial charge on any atom is 0.179 e. The van der Waals surface area contributed by atoms with Gasteiger partial charge in [0.1, 0.15) is 0 Å². The smallest absolute Gasteiger partial charge is 0.179 e. The summed E-state index contributed by atoms with van der Waals surface area (Å²) < 4.78 is 12.5. The molecule has 2 rings (SSSR count). The maximum atomic E-state index is 6.20. The lowest BCUT2D eigenvalue weighted by atomic mass is 10.2. The van der Waals surface area contributed by atoms with Gasteiger partial charge in [-0.1, -0.05) is 27.5 Å². The molecule has 0 bridgehead atoms. The average molecular weight is 436 g/mol. The van der Waals surface area contributed by atoms with Crippen molar-refractivity contribution in [1.82, 2.24) is 0 Å². The van der Waals surface area contributed by atoms with Gasteiger partial charge in [-0.05, 0) is 51.8 Å². The zero-order valence-corrected chi connectivity index (χ0v) is 15.5. The molecule has 2 aromatic carbocycles. The molecule has 2 aromatic rings. The quantitative estimate of drug-likeness (QED) is 0.673. The zero-order valence-electron chi connectivity index (χ0n) is 11.5. The Morgan fingerprint density at radius 1 is 1.10 bits per heavy atom. The van der Waals surface area contributed by atoms with E-state index in [1.165, 1.54) is 0 Å². The van der Waals surface area contributed by atoms with E-state index in [9.17, 15) is 0 Å². The monoisotopic (exact) mass is 433 g/mol. The maximum absolute atomic E-state index is 6.20. The van der Waals surface area contributed by atoms with Crippen LogP contribution in [0.1, 0.15) is 5.56 Å². The van der Waals surface area contributed by atoms with Gasteiger partial charge in [0.15, 0.2) is 11.5 Å². The lowest BCUT2D eigenvalue weighted by molar-refractivity contribution is 0.355. The van der Waals surface area contributed by atoms with Crippen LogP contribution in [0.4, 0.5) is 5.69 Å². The van der Waals surface area contributed by atoms with E-state index in [4.69, 9.17) is 21.1 Å². The normalized spacial score (nSPS) is 10.3. The Labute approximate surface area is 145 Å². The molecule has 21 heavy (non-hydrogen) atoms. The van der Waals surface area contributed by atoms with Crippen molar-refractivity contribution in [3.63, 3.8) is 0 Å². The SMILES string of the molecule is COc1cc(CNc2cc(Br)ccc2Br)cc(Cl)c1OC. The highest BCUT2D eigenvalue weighted by Gasteiger charge is 2.11. The third-order valence-corrected chi connectivity index (χ3v) is 4.37. The summed E-state index contributed by atoms with van der Waals surface area (Å²) in [5.74, 6) is 1.17. The number of anilines is 1. The largest absolute Gasteiger partial charge is 0.493 e. The van der Waals surface area contributed by atoms with Crippen LogP contribution in [0.3, 0.4) is 0 Å². The van der Waals surface area contributed by atoms with Crippen LogP contribution in [0.25, 0.3) is 0 Å². The summed E-state index contributed by atoms with van der Waals surface area (Å²) in [7, 11) is 3.16. The zero-order chi connectivity index (χ0) is 15.4. The van der Waals surface area contributed by atoms with Crippen LogP contribution in [0, 0.1) is 0 Å². The fourth-order valence-electron chi connectivity index (χ4n) is 1.90. The van der Waals surface area contributed by atoms with Gasteiger partial charge in [0.25, 0.3) is 0 Å². The van der Waals surface area contributed by atoms with Crippen molar-refractivity contribution in [2.24, 2.45) is 0 Å². The van der Waals surface area contributed by atoms with E-state index < -0.39 is 0 Å². The van der Waals surface area contributed by atoms with Gasteiger partial charge in [-0.3, -0.25) is 0 Å². The summed E-state index contributed by atoms with van der Waals surface area (Å²) in [4.78, 5) is 0. The molecule has 0 heterocycles. The molecule has 0 atom stereocenters. The molecule has 0 saturated carbocycles. The van der Waals surface area contributed by atoms with Gasteiger partial charge in [-0.15, -0.1) is 0 Å². The van der Waals surface area contributed by atoms with Gasteiger partial charge in [0.2, 0.25) is 0 Å². The van der Waals surface area contributed by atoms with Crippen molar-refractivity contribution in [1.29, 1.82) is 0 Å². The van der Waals surface area contributed by atoms with Crippen LogP contribution >= 0.6 is 43.5 Å². The molecular formula is C15H14Br2ClNO2. The summed E-state index contributed by atoms with van der Waals surface area (Å²) in [6.07, 6.45) is 0. The molecule has 0 radical (unpaired) electrons. The van der Waals surface area contributed by atoms with E-state index in [1.807, 2.05) is 30.3 Å². The van der Waals surface area contributed by atoms with Gasteiger partial charge in [-0.25, -0.2) is 0 Å². The van der Waals surface area contributed by atoms with Crippen LogP contribution in [0.2, 0.25) is 5.02 Å². The number of methoxy groups -OCH3 is 2. The van der Waals surface area contributed by atoms with Gasteiger partial charge in [-0.2, -0.15) is 0 Å². The Balaban J connectivity index is 2.20. The lowest BCUT2D eigenvalue weighted by Gasteiger charge is -2.13. The minimum absolute atomic E-state index is 0.530. The highest BCUT2D eigenvalue weighted by Crippen LogP contribution is 2.36. The van der Waals surface area contributed by atoms with E-state index in [1.54, 1.807) is 14.2 Å². The van der Waals surface area contributed by atoms with E-state index in [-0.39, 0.29) is 0 Å². The molecular weight excluding hydrogens is 421 g/mol. The molecule has 0 aliphatic heterocycles. The summed E-state index contributed by atoms with van der Waals surface area (Å²) in [5, 5.41) is 3.88. The van der Waals surface area contributed by atoms with Gasteiger partial charge in [0.05, 0.1) is 19.2 Å². The molecule has 1 N–H and O–H groups in total. The van der Waals surface area contributed by atoms with Crippen molar-refractivity contribution < 1.29 is 9.47 Å². The molecule has 0 aromatic heterocycles. The Kier molecular flexibility index (Phi) is 5.79. The van der Waals surface area contributed by atoms with Crippen molar-refractivity contribution in [3.8, 4) is 11.5 Å². The predicted octanol–water partition coefficient (Wildman–Crippen LogP) is 5.49. The topological polar surface area (TPSA) is 30.5 Å². The number of halogens is 3. The number of hydrogen-bond acceptors (Lipinski definition) is 3. The Hall–Kier alpha value is -0.910. The fraction of sp³-hybridized carbons (Fsp3) is 0.200. The third-order valence-electron chi connectivity index (χ3n) is 2.90. The number of rotatable bonds is 5. The van der Waals surface area contributed by atoms with E-state index in [2.05, 4.69) is 37.2 Å². The Morgan fingerprint density at radius 2 is 1.86 bits per heavy atom. The second-order valence-electron chi connectivity index (χ2n) is 4.29. The summed E-state index contributed by atoms with van der Waals surface area (Å²) in [6, 6.07) is 9.73. The summed E-state index contributed by atoms with van der Waals surface area (Å²) in [5.41, 5.74) is 2.00. The molecule has 0 spiro atoms. The van der Waals surface area contributed by atoms with Crippen molar-refractivity contribution >= 4 is 49.1 Å². The molecule has 0 aliphatic rings. The molecule has 3 nitrogen and oxygen atoms in total. The van der Waals surface area contributed by atoms with Crippen LogP contribution in [0.15, 0.2) is 39.3 Å². The minimum atomic E-state index is 0.530. The van der Waals surface area contributed by atoms with Crippen molar-refractivity contribution in [3.05, 3.63) is 49.9 Å². The molecule has 0 unspecified atom stereocenters. The average Bonchev–Trinajstić information content (AvgIpc) is 2.47. The molecule has 0 saturated heterocycles. The first-order valence-electron chi connectivity index (χ1n) is 6.14. The van der Waals surface area contributed by atoms with Gasteiger partial charge >= 0.3 is 0 Å². The Morgan fingerprint density at radius 3 is 2.52 bits per heavy atom. The second-order valence-corrected chi connectivity index (χ2v) is 6.47. The highest BCUT2D eigenvalue weighted by atomic mass is 79.9. The number of nitrogens with one attached hydrogen (secondary N) is 1. The molecule has 0 aliphatic carbocycles. The minimum Gasteiger partial charge on any atom is -0.493 e. The first kappa shape index (κ1) is 16.5. The second kappa shape index (κ2) is 7.38. The summed E-state index contributed by atoms with van der Waals surface area (Å²) in [6.45, 7) is 0.620. The molecule has 112 valence electrons. The first-order valence-corrected chi connectivity index (χ1v) is 8.11. The number of hydrogen-bond donors (Lipinski definition) is 1. The lowest BCUT2D eigenvalue weighted by Crippen LogP contribution is -2.01. The standard InChI is InChI=1S/C15H14Br2ClNO2/c1-20-14-6-9(5-12(18)15(14)21-2)8-19-13-7-10(16)3-4-11(13)17/h3-7,19H,8H2,1-2H3. The van der Waals surface area contributed by atoms with Crippen LogP contribution in [-0.2, 0) is 6.54 Å². The van der Waals surface area contributed by atoms with Crippen LogP contribution in [0.5, 0.6) is 11.5 Å². The summed E-state index contributed by atoms with van der Waals surface area (Å²) >= 11 is 13.2. The number of ether oxygens (including phenoxy) is 2. The van der Waals surface area contributed by atoms with E-state index in [0.717, 1.165) is 20.2 Å². The first-order chi connectivity index (χ1) is 10.0. The Bertz CT molecular complexity index is 650. The van der Waals surface area contributed by atoms with Crippen LogP contribution in [-0.4, -0.2) is 14.2 Å². The molecule has 0 fully saturated rings. The molecule has 0 amide bonds. The van der Waals surface area contributed by atoms with Gasteiger partial charge in [0, 0.05) is 21.2 Å². The fourth-order valence-corrected chi connectivity index (χ4v) is 2.96.